The fourth-order valence-electron chi connectivity index (χ4n) is 3.05. The molecule has 0 spiro atoms. The maximum atomic E-state index is 12.7. The first kappa shape index (κ1) is 18.5. The number of hydrogen-bond acceptors (Lipinski definition) is 7. The van der Waals surface area contributed by atoms with Gasteiger partial charge in [-0.3, -0.25) is 4.79 Å². The fourth-order valence-corrected chi connectivity index (χ4v) is 3.84. The van der Waals surface area contributed by atoms with Gasteiger partial charge >= 0.3 is 0 Å². The number of aryl methyl sites for hydroxylation is 2. The molecule has 2 heterocycles. The number of hydrogen-bond donors (Lipinski definition) is 0. The van der Waals surface area contributed by atoms with Crippen LogP contribution >= 0.6 is 11.8 Å². The molecule has 1 aliphatic rings. The summed E-state index contributed by atoms with van der Waals surface area (Å²) < 4.78 is 12.9. The minimum Gasteiger partial charge on any atom is -0.490 e. The number of thioether (sulfide) groups is 1. The number of carbonyl (C=O) groups is 1. The summed E-state index contributed by atoms with van der Waals surface area (Å²) in [5.74, 6) is 1.51. The van der Waals surface area contributed by atoms with Gasteiger partial charge in [0, 0.05) is 12.0 Å². The van der Waals surface area contributed by atoms with Crippen molar-refractivity contribution in [3.8, 4) is 17.2 Å². The summed E-state index contributed by atoms with van der Waals surface area (Å²) >= 11 is 1.31. The van der Waals surface area contributed by atoms with E-state index in [2.05, 4.69) is 21.6 Å². The number of aromatic nitrogens is 4. The van der Waals surface area contributed by atoms with Crippen LogP contribution in [-0.2, 0) is 0 Å². The SMILES string of the molecule is Cc1cc(C)cc(-n2nnnc2SCC(=O)c2ccc3c(c2)OCCCO3)c1. The van der Waals surface area contributed by atoms with Crippen LogP contribution in [0.2, 0.25) is 0 Å². The third-order valence-corrected chi connectivity index (χ3v) is 5.21. The monoisotopic (exact) mass is 396 g/mol. The van der Waals surface area contributed by atoms with Gasteiger partial charge in [-0.05, 0) is 65.7 Å². The van der Waals surface area contributed by atoms with Gasteiger partial charge in [0.1, 0.15) is 0 Å². The number of carbonyl (C=O) groups excluding carboxylic acids is 1. The van der Waals surface area contributed by atoms with E-state index in [0.29, 0.717) is 35.4 Å². The molecule has 0 N–H and O–H groups in total. The second-order valence-electron chi connectivity index (χ2n) is 6.64. The number of rotatable bonds is 5. The van der Waals surface area contributed by atoms with Gasteiger partial charge in [0.15, 0.2) is 17.3 Å². The second-order valence-corrected chi connectivity index (χ2v) is 7.59. The van der Waals surface area contributed by atoms with Gasteiger partial charge in [0.2, 0.25) is 5.16 Å². The molecule has 2 aromatic carbocycles. The van der Waals surface area contributed by atoms with Crippen molar-refractivity contribution in [3.63, 3.8) is 0 Å². The summed E-state index contributed by atoms with van der Waals surface area (Å²) in [6, 6.07) is 11.4. The summed E-state index contributed by atoms with van der Waals surface area (Å²) in [7, 11) is 0. The molecule has 28 heavy (non-hydrogen) atoms. The Bertz CT molecular complexity index is 998. The van der Waals surface area contributed by atoms with Gasteiger partial charge in [-0.15, -0.1) is 5.10 Å². The summed E-state index contributed by atoms with van der Waals surface area (Å²) in [5, 5.41) is 12.5. The van der Waals surface area contributed by atoms with Crippen LogP contribution in [0.5, 0.6) is 11.5 Å². The summed E-state index contributed by atoms with van der Waals surface area (Å²) in [4.78, 5) is 12.7. The Kier molecular flexibility index (Phi) is 5.29. The van der Waals surface area contributed by atoms with Crippen LogP contribution in [0.4, 0.5) is 0 Å². The van der Waals surface area contributed by atoms with Crippen molar-refractivity contribution in [2.24, 2.45) is 0 Å². The lowest BCUT2D eigenvalue weighted by atomic mass is 10.1. The number of nitrogens with zero attached hydrogens (tertiary/aromatic N) is 4. The fraction of sp³-hybridized carbons (Fsp3) is 0.300. The lowest BCUT2D eigenvalue weighted by Crippen LogP contribution is -2.06. The smallest absolute Gasteiger partial charge is 0.214 e. The first-order valence-corrected chi connectivity index (χ1v) is 10.0. The summed E-state index contributed by atoms with van der Waals surface area (Å²) in [5.41, 5.74) is 3.73. The Morgan fingerprint density at radius 2 is 1.82 bits per heavy atom. The minimum absolute atomic E-state index is 0.0179. The minimum atomic E-state index is -0.0179. The molecule has 0 bridgehead atoms. The molecular formula is C20H20N4O3S. The Hall–Kier alpha value is -2.87. The number of tetrazole rings is 1. The predicted octanol–water partition coefficient (Wildman–Crippen LogP) is 3.42. The summed E-state index contributed by atoms with van der Waals surface area (Å²) in [6.07, 6.45) is 0.828. The van der Waals surface area contributed by atoms with E-state index in [-0.39, 0.29) is 11.5 Å². The highest BCUT2D eigenvalue weighted by Crippen LogP contribution is 2.31. The predicted molar refractivity (Wildman–Crippen MR) is 106 cm³/mol. The molecule has 0 saturated carbocycles. The first-order valence-electron chi connectivity index (χ1n) is 9.03. The van der Waals surface area contributed by atoms with Crippen LogP contribution in [-0.4, -0.2) is 45.0 Å². The molecule has 0 radical (unpaired) electrons. The highest BCUT2D eigenvalue weighted by Gasteiger charge is 2.16. The van der Waals surface area contributed by atoms with Crippen LogP contribution in [0.15, 0.2) is 41.6 Å². The maximum Gasteiger partial charge on any atom is 0.214 e. The molecule has 0 fully saturated rings. The Morgan fingerprint density at radius 1 is 1.07 bits per heavy atom. The largest absolute Gasteiger partial charge is 0.490 e. The molecule has 0 aliphatic carbocycles. The van der Waals surface area contributed by atoms with Crippen LogP contribution in [0.25, 0.3) is 5.69 Å². The first-order chi connectivity index (χ1) is 13.6. The van der Waals surface area contributed by atoms with Gasteiger partial charge in [-0.25, -0.2) is 0 Å². The van der Waals surface area contributed by atoms with Crippen LogP contribution in [0, 0.1) is 13.8 Å². The van der Waals surface area contributed by atoms with Gasteiger partial charge in [-0.2, -0.15) is 4.68 Å². The number of ketones is 1. The Morgan fingerprint density at radius 3 is 2.61 bits per heavy atom. The highest BCUT2D eigenvalue weighted by molar-refractivity contribution is 7.99. The molecule has 0 saturated heterocycles. The Labute approximate surface area is 167 Å². The number of fused-ring (bicyclic) bond motifs is 1. The van der Waals surface area contributed by atoms with Crippen LogP contribution in [0.1, 0.15) is 27.9 Å². The average Bonchev–Trinajstić information content (AvgIpc) is 3.02. The molecule has 0 atom stereocenters. The maximum absolute atomic E-state index is 12.7. The molecule has 0 unspecified atom stereocenters. The van der Waals surface area contributed by atoms with Gasteiger partial charge in [0.25, 0.3) is 0 Å². The molecule has 4 rings (SSSR count). The van der Waals surface area contributed by atoms with Gasteiger partial charge in [-0.1, -0.05) is 17.8 Å². The van der Waals surface area contributed by atoms with Crippen molar-refractivity contribution in [1.82, 2.24) is 20.2 Å². The van der Waals surface area contributed by atoms with Crippen molar-refractivity contribution >= 4 is 17.5 Å². The molecule has 0 amide bonds. The second kappa shape index (κ2) is 8.02. The average molecular weight is 396 g/mol. The zero-order chi connectivity index (χ0) is 19.5. The zero-order valence-electron chi connectivity index (χ0n) is 15.7. The van der Waals surface area contributed by atoms with E-state index in [9.17, 15) is 4.79 Å². The van der Waals surface area contributed by atoms with Crippen molar-refractivity contribution in [3.05, 3.63) is 53.1 Å². The topological polar surface area (TPSA) is 79.1 Å². The molecule has 1 aromatic heterocycles. The molecular weight excluding hydrogens is 376 g/mol. The van der Waals surface area contributed by atoms with Crippen molar-refractivity contribution in [2.75, 3.05) is 19.0 Å². The van der Waals surface area contributed by atoms with Crippen molar-refractivity contribution in [1.29, 1.82) is 0 Å². The lowest BCUT2D eigenvalue weighted by molar-refractivity contribution is 0.102. The van der Waals surface area contributed by atoms with Gasteiger partial charge < -0.3 is 9.47 Å². The number of ether oxygens (including phenoxy) is 2. The highest BCUT2D eigenvalue weighted by atomic mass is 32.2. The number of benzene rings is 2. The molecule has 7 nitrogen and oxygen atoms in total. The van der Waals surface area contributed by atoms with E-state index in [1.807, 2.05) is 26.0 Å². The van der Waals surface area contributed by atoms with Crippen molar-refractivity contribution < 1.29 is 14.3 Å². The van der Waals surface area contributed by atoms with Crippen molar-refractivity contribution in [2.45, 2.75) is 25.4 Å². The van der Waals surface area contributed by atoms with E-state index in [4.69, 9.17) is 9.47 Å². The molecule has 144 valence electrons. The van der Waals surface area contributed by atoms with Gasteiger partial charge in [0.05, 0.1) is 24.7 Å². The van der Waals surface area contributed by atoms with E-state index >= 15 is 0 Å². The molecule has 3 aromatic rings. The van der Waals surface area contributed by atoms with E-state index < -0.39 is 0 Å². The normalized spacial score (nSPS) is 13.2. The van der Waals surface area contributed by atoms with Crippen LogP contribution < -0.4 is 9.47 Å². The third kappa shape index (κ3) is 4.01. The Balaban J connectivity index is 1.49. The zero-order valence-corrected chi connectivity index (χ0v) is 16.5. The van der Waals surface area contributed by atoms with E-state index in [1.165, 1.54) is 11.8 Å². The third-order valence-electron chi connectivity index (χ3n) is 4.29. The van der Waals surface area contributed by atoms with E-state index in [0.717, 1.165) is 23.2 Å². The van der Waals surface area contributed by atoms with E-state index in [1.54, 1.807) is 22.9 Å². The van der Waals surface area contributed by atoms with Crippen LogP contribution in [0.3, 0.4) is 0 Å². The quantitative estimate of drug-likeness (QED) is 0.483. The summed E-state index contributed by atoms with van der Waals surface area (Å²) in [6.45, 7) is 5.27. The molecule has 8 heteroatoms. The molecule has 1 aliphatic heterocycles. The lowest BCUT2D eigenvalue weighted by Gasteiger charge is -2.09. The number of Topliss-reactive ketones (excluding diaryl/α,β-unsaturated/α-hetero) is 1. The standard InChI is InChI=1S/C20H20N4O3S/c1-13-8-14(2)10-16(9-13)24-20(21-22-23-24)28-12-17(25)15-4-5-18-19(11-15)27-7-3-6-26-18/h4-5,8-11H,3,6-7,12H2,1-2H3.